The van der Waals surface area contributed by atoms with Crippen LogP contribution in [0.3, 0.4) is 0 Å². The summed E-state index contributed by atoms with van der Waals surface area (Å²) in [4.78, 5) is 4.52. The second kappa shape index (κ2) is 4.75. The van der Waals surface area contributed by atoms with Crippen molar-refractivity contribution in [2.75, 3.05) is 0 Å². The lowest BCUT2D eigenvalue weighted by Crippen LogP contribution is -1.88. The van der Waals surface area contributed by atoms with Gasteiger partial charge in [-0.3, -0.25) is 4.98 Å². The van der Waals surface area contributed by atoms with Crippen LogP contribution in [0, 0.1) is 6.92 Å². The summed E-state index contributed by atoms with van der Waals surface area (Å²) in [6.45, 7) is 2.11. The maximum atomic E-state index is 4.52. The van der Waals surface area contributed by atoms with Crippen LogP contribution < -0.4 is 0 Å². The SMILES string of the molecule is Cc1cnc(-c2ccccc2)cc1-c1ccsc1. The van der Waals surface area contributed by atoms with Gasteiger partial charge in [-0.25, -0.2) is 0 Å². The van der Waals surface area contributed by atoms with Crippen LogP contribution in [0.1, 0.15) is 5.56 Å². The van der Waals surface area contributed by atoms with Crippen LogP contribution in [0.15, 0.2) is 59.4 Å². The first-order valence-electron chi connectivity index (χ1n) is 5.89. The molecule has 88 valence electrons. The van der Waals surface area contributed by atoms with Crippen LogP contribution in [-0.4, -0.2) is 4.98 Å². The van der Waals surface area contributed by atoms with Crippen molar-refractivity contribution in [2.24, 2.45) is 0 Å². The smallest absolute Gasteiger partial charge is 0.0708 e. The van der Waals surface area contributed by atoms with Crippen molar-refractivity contribution in [1.82, 2.24) is 4.98 Å². The van der Waals surface area contributed by atoms with Crippen LogP contribution in [0.4, 0.5) is 0 Å². The van der Waals surface area contributed by atoms with Gasteiger partial charge in [0.25, 0.3) is 0 Å². The fourth-order valence-corrected chi connectivity index (χ4v) is 2.68. The van der Waals surface area contributed by atoms with Crippen LogP contribution >= 0.6 is 11.3 Å². The van der Waals surface area contributed by atoms with E-state index in [2.05, 4.69) is 46.9 Å². The monoisotopic (exact) mass is 251 g/mol. The van der Waals surface area contributed by atoms with Gasteiger partial charge in [0, 0.05) is 11.8 Å². The van der Waals surface area contributed by atoms with Gasteiger partial charge >= 0.3 is 0 Å². The predicted molar refractivity (Wildman–Crippen MR) is 77.7 cm³/mol. The molecule has 2 heteroatoms. The Morgan fingerprint density at radius 1 is 1.00 bits per heavy atom. The lowest BCUT2D eigenvalue weighted by atomic mass is 10.0. The first kappa shape index (κ1) is 11.2. The molecule has 3 aromatic rings. The van der Waals surface area contributed by atoms with E-state index in [9.17, 15) is 0 Å². The highest BCUT2D eigenvalue weighted by atomic mass is 32.1. The van der Waals surface area contributed by atoms with E-state index in [0.717, 1.165) is 11.3 Å². The first-order valence-corrected chi connectivity index (χ1v) is 6.83. The Labute approximate surface area is 111 Å². The van der Waals surface area contributed by atoms with E-state index in [-0.39, 0.29) is 0 Å². The second-order valence-corrected chi connectivity index (χ2v) is 5.04. The number of pyridine rings is 1. The summed E-state index contributed by atoms with van der Waals surface area (Å²) in [5, 5.41) is 4.29. The number of aromatic nitrogens is 1. The maximum absolute atomic E-state index is 4.52. The number of thiophene rings is 1. The van der Waals surface area contributed by atoms with Crippen molar-refractivity contribution in [2.45, 2.75) is 6.92 Å². The van der Waals surface area contributed by atoms with E-state index in [1.165, 1.54) is 16.7 Å². The number of rotatable bonds is 2. The first-order chi connectivity index (χ1) is 8.84. The van der Waals surface area contributed by atoms with Crippen molar-refractivity contribution in [3.8, 4) is 22.4 Å². The highest BCUT2D eigenvalue weighted by Crippen LogP contribution is 2.28. The van der Waals surface area contributed by atoms with Crippen molar-refractivity contribution in [3.63, 3.8) is 0 Å². The van der Waals surface area contributed by atoms with Gasteiger partial charge in [0.1, 0.15) is 0 Å². The molecule has 0 saturated heterocycles. The third kappa shape index (κ3) is 2.07. The molecular formula is C16H13NS. The number of aryl methyl sites for hydroxylation is 1. The topological polar surface area (TPSA) is 12.9 Å². The van der Waals surface area contributed by atoms with Crippen LogP contribution in [0.25, 0.3) is 22.4 Å². The minimum atomic E-state index is 1.03. The molecule has 0 unspecified atom stereocenters. The van der Waals surface area contributed by atoms with Gasteiger partial charge in [0.05, 0.1) is 5.69 Å². The third-order valence-corrected chi connectivity index (χ3v) is 3.69. The standard InChI is InChI=1S/C16H13NS/c1-12-10-17-16(13-5-3-2-4-6-13)9-15(12)14-7-8-18-11-14/h2-11H,1H3. The molecule has 0 aliphatic heterocycles. The van der Waals surface area contributed by atoms with E-state index >= 15 is 0 Å². The molecule has 0 bridgehead atoms. The summed E-state index contributed by atoms with van der Waals surface area (Å²) in [6, 6.07) is 14.6. The molecule has 0 N–H and O–H groups in total. The summed E-state index contributed by atoms with van der Waals surface area (Å²) in [7, 11) is 0. The second-order valence-electron chi connectivity index (χ2n) is 4.26. The van der Waals surface area contributed by atoms with E-state index in [1.54, 1.807) is 11.3 Å². The lowest BCUT2D eigenvalue weighted by Gasteiger charge is -2.07. The molecular weight excluding hydrogens is 238 g/mol. The number of nitrogens with zero attached hydrogens (tertiary/aromatic N) is 1. The van der Waals surface area contributed by atoms with Gasteiger partial charge in [-0.2, -0.15) is 11.3 Å². The summed E-state index contributed by atoms with van der Waals surface area (Å²) in [5.74, 6) is 0. The molecule has 1 aromatic carbocycles. The molecule has 0 saturated carbocycles. The van der Waals surface area contributed by atoms with Crippen molar-refractivity contribution >= 4 is 11.3 Å². The molecule has 0 aliphatic carbocycles. The maximum Gasteiger partial charge on any atom is 0.0708 e. The number of hydrogen-bond acceptors (Lipinski definition) is 2. The molecule has 0 aliphatic rings. The van der Waals surface area contributed by atoms with Crippen LogP contribution in [0.2, 0.25) is 0 Å². The average Bonchev–Trinajstić information content (AvgIpc) is 2.94. The Morgan fingerprint density at radius 3 is 2.56 bits per heavy atom. The Kier molecular flexibility index (Phi) is 2.95. The van der Waals surface area contributed by atoms with Crippen LogP contribution in [-0.2, 0) is 0 Å². The van der Waals surface area contributed by atoms with Crippen molar-refractivity contribution in [1.29, 1.82) is 0 Å². The molecule has 0 spiro atoms. The Bertz CT molecular complexity index is 642. The molecule has 0 atom stereocenters. The Hall–Kier alpha value is -1.93. The lowest BCUT2D eigenvalue weighted by molar-refractivity contribution is 1.27. The normalized spacial score (nSPS) is 10.5. The van der Waals surface area contributed by atoms with E-state index in [4.69, 9.17) is 0 Å². The van der Waals surface area contributed by atoms with Crippen molar-refractivity contribution in [3.05, 3.63) is 65.0 Å². The summed E-state index contributed by atoms with van der Waals surface area (Å²) >= 11 is 1.72. The fourth-order valence-electron chi connectivity index (χ4n) is 2.02. The number of benzene rings is 1. The minimum absolute atomic E-state index is 1.03. The molecule has 2 heterocycles. The zero-order valence-electron chi connectivity index (χ0n) is 10.1. The zero-order valence-corrected chi connectivity index (χ0v) is 10.9. The molecule has 1 nitrogen and oxygen atoms in total. The van der Waals surface area contributed by atoms with Gasteiger partial charge in [-0.1, -0.05) is 30.3 Å². The summed E-state index contributed by atoms with van der Waals surface area (Å²) in [5.41, 5.74) is 5.95. The van der Waals surface area contributed by atoms with Gasteiger partial charge in [0.15, 0.2) is 0 Å². The molecule has 18 heavy (non-hydrogen) atoms. The summed E-state index contributed by atoms with van der Waals surface area (Å²) in [6.07, 6.45) is 1.95. The van der Waals surface area contributed by atoms with E-state index in [1.807, 2.05) is 24.4 Å². The summed E-state index contributed by atoms with van der Waals surface area (Å²) < 4.78 is 0. The van der Waals surface area contributed by atoms with Gasteiger partial charge in [-0.05, 0) is 46.5 Å². The highest BCUT2D eigenvalue weighted by molar-refractivity contribution is 7.08. The Balaban J connectivity index is 2.12. The van der Waals surface area contributed by atoms with Crippen molar-refractivity contribution < 1.29 is 0 Å². The average molecular weight is 251 g/mol. The van der Waals surface area contributed by atoms with Gasteiger partial charge in [0.2, 0.25) is 0 Å². The van der Waals surface area contributed by atoms with Gasteiger partial charge < -0.3 is 0 Å². The van der Waals surface area contributed by atoms with E-state index < -0.39 is 0 Å². The quantitative estimate of drug-likeness (QED) is 0.638. The number of hydrogen-bond donors (Lipinski definition) is 0. The third-order valence-electron chi connectivity index (χ3n) is 3.00. The molecule has 0 fully saturated rings. The zero-order chi connectivity index (χ0) is 12.4. The molecule has 2 aromatic heterocycles. The molecule has 0 radical (unpaired) electrons. The van der Waals surface area contributed by atoms with Crippen LogP contribution in [0.5, 0.6) is 0 Å². The molecule has 3 rings (SSSR count). The molecule has 0 amide bonds. The largest absolute Gasteiger partial charge is 0.256 e. The fraction of sp³-hybridized carbons (Fsp3) is 0.0625. The Morgan fingerprint density at radius 2 is 1.83 bits per heavy atom. The minimum Gasteiger partial charge on any atom is -0.256 e. The highest BCUT2D eigenvalue weighted by Gasteiger charge is 2.06. The predicted octanol–water partition coefficient (Wildman–Crippen LogP) is 4.79. The van der Waals surface area contributed by atoms with E-state index in [0.29, 0.717) is 0 Å². The van der Waals surface area contributed by atoms with Gasteiger partial charge in [-0.15, -0.1) is 0 Å².